The molecule has 0 saturated heterocycles. The molecule has 2 unspecified atom stereocenters. The molecule has 6 heteroatoms. The second-order valence-corrected chi connectivity index (χ2v) is 7.16. The summed E-state index contributed by atoms with van der Waals surface area (Å²) in [6, 6.07) is 7.94. The number of rotatable bonds is 4. The van der Waals surface area contributed by atoms with Crippen LogP contribution in [0.15, 0.2) is 30.3 Å². The predicted molar refractivity (Wildman–Crippen MR) is 86.9 cm³/mol. The molecule has 0 bridgehead atoms. The van der Waals surface area contributed by atoms with Crippen LogP contribution in [-0.4, -0.2) is 16.9 Å². The molecule has 0 aliphatic heterocycles. The lowest BCUT2D eigenvalue weighted by atomic mass is 9.59. The number of aliphatic carboxylic acids is 1. The minimum Gasteiger partial charge on any atom is -0.481 e. The quantitative estimate of drug-likeness (QED) is 0.658. The van der Waals surface area contributed by atoms with Crippen LogP contribution in [0.3, 0.4) is 0 Å². The lowest BCUT2D eigenvalue weighted by Crippen LogP contribution is -2.48. The van der Waals surface area contributed by atoms with Crippen LogP contribution >= 0.6 is 11.3 Å². The zero-order valence-electron chi connectivity index (χ0n) is 12.5. The van der Waals surface area contributed by atoms with Crippen molar-refractivity contribution < 1.29 is 19.1 Å². The zero-order valence-corrected chi connectivity index (χ0v) is 13.3. The Morgan fingerprint density at radius 1 is 1.35 bits per heavy atom. The second kappa shape index (κ2) is 5.45. The van der Waals surface area contributed by atoms with Gasteiger partial charge in [0.05, 0.1) is 16.0 Å². The van der Waals surface area contributed by atoms with E-state index in [1.54, 1.807) is 25.1 Å². The summed E-state index contributed by atoms with van der Waals surface area (Å²) in [5, 5.41) is 9.30. The fourth-order valence-electron chi connectivity index (χ4n) is 2.88. The molecule has 4 nitrogen and oxygen atoms in total. The molecule has 1 aliphatic carbocycles. The van der Waals surface area contributed by atoms with Crippen molar-refractivity contribution in [2.75, 3.05) is 5.73 Å². The number of hydrogen-bond acceptors (Lipinski definition) is 4. The maximum atomic E-state index is 13.6. The smallest absolute Gasteiger partial charge is 0.310 e. The first-order valence-electron chi connectivity index (χ1n) is 7.26. The number of carbonyl (C=O) groups excluding carboxylic acids is 1. The molecule has 1 aromatic carbocycles. The van der Waals surface area contributed by atoms with E-state index < -0.39 is 23.1 Å². The van der Waals surface area contributed by atoms with E-state index in [0.717, 1.165) is 4.88 Å². The maximum Gasteiger partial charge on any atom is 0.310 e. The molecule has 2 aromatic rings. The summed E-state index contributed by atoms with van der Waals surface area (Å²) in [5.74, 6) is -2.07. The van der Waals surface area contributed by atoms with E-state index >= 15 is 0 Å². The monoisotopic (exact) mass is 333 g/mol. The van der Waals surface area contributed by atoms with Crippen LogP contribution in [0.2, 0.25) is 0 Å². The van der Waals surface area contributed by atoms with Crippen molar-refractivity contribution in [2.24, 2.45) is 11.3 Å². The first-order chi connectivity index (χ1) is 10.8. The molecular weight excluding hydrogens is 317 g/mol. The highest BCUT2D eigenvalue weighted by molar-refractivity contribution is 7.17. The molecule has 0 spiro atoms. The largest absolute Gasteiger partial charge is 0.481 e. The number of nitrogen functional groups attached to an aromatic ring is 1. The van der Waals surface area contributed by atoms with E-state index in [1.807, 2.05) is 0 Å². The van der Waals surface area contributed by atoms with Crippen molar-refractivity contribution in [2.45, 2.75) is 19.8 Å². The Kier molecular flexibility index (Phi) is 3.72. The average molecular weight is 333 g/mol. The Morgan fingerprint density at radius 2 is 2.09 bits per heavy atom. The SMILES string of the molecule is CC1(C(=O)O)CCC1C(=O)c1ccc(-c2ccc(N)c(F)c2)s1. The topological polar surface area (TPSA) is 80.4 Å². The van der Waals surface area contributed by atoms with Gasteiger partial charge < -0.3 is 10.8 Å². The van der Waals surface area contributed by atoms with Gasteiger partial charge >= 0.3 is 5.97 Å². The van der Waals surface area contributed by atoms with Crippen LogP contribution < -0.4 is 5.73 Å². The van der Waals surface area contributed by atoms with Crippen molar-refractivity contribution in [1.29, 1.82) is 0 Å². The number of anilines is 1. The van der Waals surface area contributed by atoms with E-state index in [2.05, 4.69) is 0 Å². The number of nitrogens with two attached hydrogens (primary N) is 1. The van der Waals surface area contributed by atoms with Crippen LogP contribution in [0.1, 0.15) is 29.4 Å². The van der Waals surface area contributed by atoms with Crippen LogP contribution in [0.25, 0.3) is 10.4 Å². The lowest BCUT2D eigenvalue weighted by molar-refractivity contribution is -0.156. The number of ketones is 1. The van der Waals surface area contributed by atoms with Gasteiger partial charge in [-0.05, 0) is 49.6 Å². The van der Waals surface area contributed by atoms with Gasteiger partial charge in [0.25, 0.3) is 0 Å². The van der Waals surface area contributed by atoms with Gasteiger partial charge in [-0.3, -0.25) is 9.59 Å². The highest BCUT2D eigenvalue weighted by atomic mass is 32.1. The fraction of sp³-hybridized carbons (Fsp3) is 0.294. The second-order valence-electron chi connectivity index (χ2n) is 6.08. The molecule has 23 heavy (non-hydrogen) atoms. The Balaban J connectivity index is 1.86. The van der Waals surface area contributed by atoms with Gasteiger partial charge in [-0.25, -0.2) is 4.39 Å². The van der Waals surface area contributed by atoms with Gasteiger partial charge in [0.1, 0.15) is 5.82 Å². The summed E-state index contributed by atoms with van der Waals surface area (Å²) < 4.78 is 13.6. The third kappa shape index (κ3) is 2.53. The highest BCUT2D eigenvalue weighted by Gasteiger charge is 2.52. The minimum absolute atomic E-state index is 0.0771. The van der Waals surface area contributed by atoms with Crippen molar-refractivity contribution >= 4 is 28.8 Å². The predicted octanol–water partition coefficient (Wildman–Crippen LogP) is 3.82. The van der Waals surface area contributed by atoms with E-state index in [9.17, 15) is 19.1 Å². The molecule has 120 valence electrons. The first-order valence-corrected chi connectivity index (χ1v) is 8.07. The summed E-state index contributed by atoms with van der Waals surface area (Å²) >= 11 is 1.25. The summed E-state index contributed by atoms with van der Waals surface area (Å²) in [4.78, 5) is 25.2. The summed E-state index contributed by atoms with van der Waals surface area (Å²) in [7, 11) is 0. The van der Waals surface area contributed by atoms with Crippen LogP contribution in [0, 0.1) is 17.2 Å². The van der Waals surface area contributed by atoms with E-state index in [4.69, 9.17) is 5.73 Å². The van der Waals surface area contributed by atoms with Crippen molar-refractivity contribution in [3.63, 3.8) is 0 Å². The minimum atomic E-state index is -0.978. The molecule has 3 N–H and O–H groups in total. The number of carboxylic acid groups (broad SMARTS) is 1. The number of Topliss-reactive ketones (excluding diaryl/α,β-unsaturated/α-hetero) is 1. The van der Waals surface area contributed by atoms with Gasteiger partial charge in [-0.15, -0.1) is 11.3 Å². The molecule has 1 aliphatic rings. The van der Waals surface area contributed by atoms with Gasteiger partial charge in [-0.1, -0.05) is 6.07 Å². The molecule has 1 aromatic heterocycles. The molecule has 1 heterocycles. The zero-order chi connectivity index (χ0) is 16.8. The average Bonchev–Trinajstić information content (AvgIpc) is 2.97. The number of carboxylic acids is 1. The summed E-state index contributed by atoms with van der Waals surface area (Å²) in [6.45, 7) is 1.62. The Hall–Kier alpha value is -2.21. The molecule has 0 radical (unpaired) electrons. The van der Waals surface area contributed by atoms with Crippen molar-refractivity contribution in [1.82, 2.24) is 0 Å². The van der Waals surface area contributed by atoms with Gasteiger partial charge in [0.15, 0.2) is 5.78 Å². The number of hydrogen-bond donors (Lipinski definition) is 2. The van der Waals surface area contributed by atoms with Crippen molar-refractivity contribution in [3.05, 3.63) is 41.0 Å². The van der Waals surface area contributed by atoms with Crippen molar-refractivity contribution in [3.8, 4) is 10.4 Å². The van der Waals surface area contributed by atoms with Gasteiger partial charge in [0, 0.05) is 10.8 Å². The van der Waals surface area contributed by atoms with E-state index in [-0.39, 0.29) is 11.5 Å². The third-order valence-electron chi connectivity index (χ3n) is 4.66. The van der Waals surface area contributed by atoms with E-state index in [1.165, 1.54) is 23.5 Å². The summed E-state index contributed by atoms with van der Waals surface area (Å²) in [6.07, 6.45) is 1.10. The first kappa shape index (κ1) is 15.7. The summed E-state index contributed by atoms with van der Waals surface area (Å²) in [5.41, 5.74) is 5.21. The van der Waals surface area contributed by atoms with E-state index in [0.29, 0.717) is 23.3 Å². The molecule has 1 fully saturated rings. The molecule has 2 atom stereocenters. The maximum absolute atomic E-state index is 13.6. The number of carbonyl (C=O) groups is 2. The fourth-order valence-corrected chi connectivity index (χ4v) is 3.87. The number of benzene rings is 1. The van der Waals surface area contributed by atoms with Gasteiger partial charge in [-0.2, -0.15) is 0 Å². The molecule has 0 amide bonds. The van der Waals surface area contributed by atoms with Crippen LogP contribution in [0.4, 0.5) is 10.1 Å². The Morgan fingerprint density at radius 3 is 2.65 bits per heavy atom. The molecule has 1 saturated carbocycles. The normalized spacial score (nSPS) is 23.3. The van der Waals surface area contributed by atoms with Crippen LogP contribution in [0.5, 0.6) is 0 Å². The number of halogens is 1. The van der Waals surface area contributed by atoms with Crippen LogP contribution in [-0.2, 0) is 4.79 Å². The highest BCUT2D eigenvalue weighted by Crippen LogP contribution is 2.49. The molecule has 3 rings (SSSR count). The van der Waals surface area contributed by atoms with Gasteiger partial charge in [0.2, 0.25) is 0 Å². The lowest BCUT2D eigenvalue weighted by Gasteiger charge is -2.42. The Labute approximate surface area is 136 Å². The standard InChI is InChI=1S/C17H16FNO3S/c1-17(16(21)22)7-6-10(17)15(20)14-5-4-13(23-14)9-2-3-12(19)11(18)8-9/h2-5,8,10H,6-7,19H2,1H3,(H,21,22). The number of thiophene rings is 1. The Bertz CT molecular complexity index is 801. The molecular formula is C17H16FNO3S. The third-order valence-corrected chi connectivity index (χ3v) is 5.81.